The molecule has 0 fully saturated rings. The molecule has 0 aliphatic heterocycles. The van der Waals surface area contributed by atoms with Crippen molar-refractivity contribution in [2.24, 2.45) is 4.99 Å². The Balaban J connectivity index is 0.00000361. The summed E-state index contributed by atoms with van der Waals surface area (Å²) in [4.78, 5) is 4.50. The molecule has 1 rings (SSSR count). The number of aliphatic imine (C=N–C) groups is 1. The lowest BCUT2D eigenvalue weighted by atomic mass is 10.1. The molecule has 7 heteroatoms. The second-order valence-corrected chi connectivity index (χ2v) is 5.22. The molecule has 2 N–H and O–H groups in total. The number of nitrogens with one attached hydrogen (secondary N) is 2. The van der Waals surface area contributed by atoms with Crippen molar-refractivity contribution in [1.82, 2.24) is 15.8 Å². The smallest absolute Gasteiger partial charge is 0.191 e. The van der Waals surface area contributed by atoms with Gasteiger partial charge in [0.1, 0.15) is 5.76 Å². The third-order valence-corrected chi connectivity index (χ3v) is 3.35. The first-order valence-electron chi connectivity index (χ1n) is 6.61. The number of hydrogen-bond donors (Lipinski definition) is 2. The highest BCUT2D eigenvalue weighted by Crippen LogP contribution is 2.11. The molecule has 0 aliphatic rings. The van der Waals surface area contributed by atoms with Gasteiger partial charge in [-0.15, -0.1) is 24.0 Å². The van der Waals surface area contributed by atoms with E-state index in [1.54, 1.807) is 11.8 Å². The molecule has 0 aromatic carbocycles. The molecule has 0 bridgehead atoms. The van der Waals surface area contributed by atoms with Crippen molar-refractivity contribution < 1.29 is 4.52 Å². The van der Waals surface area contributed by atoms with Gasteiger partial charge in [0, 0.05) is 24.4 Å². The maximum atomic E-state index is 5.15. The Hall–Kier alpha value is -0.440. The summed E-state index contributed by atoms with van der Waals surface area (Å²) in [5.41, 5.74) is 2.16. The Morgan fingerprint density at radius 1 is 1.35 bits per heavy atom. The molecule has 1 aromatic heterocycles. The van der Waals surface area contributed by atoms with Gasteiger partial charge in [-0.2, -0.15) is 11.8 Å². The molecule has 0 atom stereocenters. The third-order valence-electron chi connectivity index (χ3n) is 2.76. The zero-order valence-corrected chi connectivity index (χ0v) is 15.8. The molecule has 5 nitrogen and oxygen atoms in total. The van der Waals surface area contributed by atoms with Gasteiger partial charge in [0.05, 0.1) is 12.2 Å². The van der Waals surface area contributed by atoms with Crippen LogP contribution < -0.4 is 10.6 Å². The van der Waals surface area contributed by atoms with Crippen LogP contribution in [0.15, 0.2) is 9.52 Å². The fourth-order valence-corrected chi connectivity index (χ4v) is 2.03. The van der Waals surface area contributed by atoms with Crippen LogP contribution in [0.25, 0.3) is 0 Å². The molecule has 1 heterocycles. The predicted octanol–water partition coefficient (Wildman–Crippen LogP) is 2.37. The van der Waals surface area contributed by atoms with Gasteiger partial charge in [0.15, 0.2) is 5.96 Å². The summed E-state index contributed by atoms with van der Waals surface area (Å²) in [5.74, 6) is 2.83. The standard InChI is InChI=1S/C13H24N4OS.HI/c1-5-14-13(16-8-9-19-4)15-7-6-12-10(2)17-18-11(12)3;/h5-9H2,1-4H3,(H2,14,15,16);1H. The van der Waals surface area contributed by atoms with Crippen molar-refractivity contribution in [1.29, 1.82) is 0 Å². The van der Waals surface area contributed by atoms with Crippen molar-refractivity contribution >= 4 is 41.7 Å². The molecule has 0 saturated heterocycles. The monoisotopic (exact) mass is 412 g/mol. The highest BCUT2D eigenvalue weighted by atomic mass is 127. The molecule has 20 heavy (non-hydrogen) atoms. The fourth-order valence-electron chi connectivity index (χ4n) is 1.76. The largest absolute Gasteiger partial charge is 0.361 e. The Morgan fingerprint density at radius 2 is 2.10 bits per heavy atom. The lowest BCUT2D eigenvalue weighted by Gasteiger charge is -2.10. The van der Waals surface area contributed by atoms with Crippen LogP contribution >= 0.6 is 35.7 Å². The van der Waals surface area contributed by atoms with E-state index in [9.17, 15) is 0 Å². The number of thioether (sulfide) groups is 1. The predicted molar refractivity (Wildman–Crippen MR) is 97.5 cm³/mol. The highest BCUT2D eigenvalue weighted by molar-refractivity contribution is 14.0. The van der Waals surface area contributed by atoms with Gasteiger partial charge in [-0.25, -0.2) is 0 Å². The normalized spacial score (nSPS) is 11.1. The number of hydrogen-bond acceptors (Lipinski definition) is 4. The van der Waals surface area contributed by atoms with Crippen LogP contribution in [0.2, 0.25) is 0 Å². The van der Waals surface area contributed by atoms with Crippen LogP contribution in [0.5, 0.6) is 0 Å². The summed E-state index contributed by atoms with van der Waals surface area (Å²) >= 11 is 1.80. The second-order valence-electron chi connectivity index (χ2n) is 4.23. The van der Waals surface area contributed by atoms with Crippen LogP contribution in [0, 0.1) is 13.8 Å². The maximum Gasteiger partial charge on any atom is 0.191 e. The summed E-state index contributed by atoms with van der Waals surface area (Å²) in [6, 6.07) is 0. The topological polar surface area (TPSA) is 62.5 Å². The van der Waals surface area contributed by atoms with Crippen LogP contribution in [0.4, 0.5) is 0 Å². The minimum atomic E-state index is 0. The molecule has 0 radical (unpaired) electrons. The Kier molecular flexibility index (Phi) is 11.0. The van der Waals surface area contributed by atoms with E-state index in [1.807, 2.05) is 13.8 Å². The van der Waals surface area contributed by atoms with Gasteiger partial charge >= 0.3 is 0 Å². The number of rotatable bonds is 7. The van der Waals surface area contributed by atoms with E-state index in [0.717, 1.165) is 49.2 Å². The molecule has 0 spiro atoms. The number of halogens is 1. The Morgan fingerprint density at radius 3 is 2.65 bits per heavy atom. The van der Waals surface area contributed by atoms with Crippen LogP contribution in [0.1, 0.15) is 23.9 Å². The summed E-state index contributed by atoms with van der Waals surface area (Å²) < 4.78 is 5.15. The number of aryl methyl sites for hydroxylation is 2. The molecule has 116 valence electrons. The van der Waals surface area contributed by atoms with Gasteiger partial charge in [-0.1, -0.05) is 5.16 Å². The Labute approximate surface area is 142 Å². The zero-order chi connectivity index (χ0) is 14.1. The van der Waals surface area contributed by atoms with E-state index in [4.69, 9.17) is 4.52 Å². The van der Waals surface area contributed by atoms with Gasteiger partial charge in [0.25, 0.3) is 0 Å². The first-order chi connectivity index (χ1) is 9.19. The molecule has 0 aliphatic carbocycles. The summed E-state index contributed by atoms with van der Waals surface area (Å²) in [6.07, 6.45) is 2.99. The quantitative estimate of drug-likeness (QED) is 0.312. The van der Waals surface area contributed by atoms with Crippen molar-refractivity contribution in [3.05, 3.63) is 17.0 Å². The molecule has 0 saturated carbocycles. The SMILES string of the molecule is CCNC(=NCCSC)NCCc1c(C)noc1C.I. The van der Waals surface area contributed by atoms with E-state index >= 15 is 0 Å². The lowest BCUT2D eigenvalue weighted by molar-refractivity contribution is 0.392. The first-order valence-corrected chi connectivity index (χ1v) is 8.01. The van der Waals surface area contributed by atoms with Gasteiger partial charge in [-0.05, 0) is 33.4 Å². The minimum absolute atomic E-state index is 0. The molecule has 1 aromatic rings. The van der Waals surface area contributed by atoms with E-state index in [0.29, 0.717) is 0 Å². The molecule has 0 amide bonds. The average Bonchev–Trinajstić information content (AvgIpc) is 2.70. The number of aromatic nitrogens is 1. The van der Waals surface area contributed by atoms with E-state index in [-0.39, 0.29) is 24.0 Å². The maximum absolute atomic E-state index is 5.15. The molecular formula is C13H25IN4OS. The number of nitrogens with zero attached hydrogens (tertiary/aromatic N) is 2. The molecule has 0 unspecified atom stereocenters. The molecular weight excluding hydrogens is 387 g/mol. The van der Waals surface area contributed by atoms with E-state index in [1.165, 1.54) is 5.56 Å². The first kappa shape index (κ1) is 19.6. The minimum Gasteiger partial charge on any atom is -0.361 e. The van der Waals surface area contributed by atoms with Gasteiger partial charge in [0.2, 0.25) is 0 Å². The lowest BCUT2D eigenvalue weighted by Crippen LogP contribution is -2.38. The second kappa shape index (κ2) is 11.2. The highest BCUT2D eigenvalue weighted by Gasteiger charge is 2.08. The average molecular weight is 412 g/mol. The van der Waals surface area contributed by atoms with Gasteiger partial charge in [-0.3, -0.25) is 4.99 Å². The van der Waals surface area contributed by atoms with Gasteiger partial charge < -0.3 is 15.2 Å². The summed E-state index contributed by atoms with van der Waals surface area (Å²) in [5, 5.41) is 10.5. The van der Waals surface area contributed by atoms with Crippen molar-refractivity contribution in [3.8, 4) is 0 Å². The van der Waals surface area contributed by atoms with Crippen molar-refractivity contribution in [2.45, 2.75) is 27.2 Å². The van der Waals surface area contributed by atoms with Crippen LogP contribution in [0.3, 0.4) is 0 Å². The number of guanidine groups is 1. The van der Waals surface area contributed by atoms with Crippen molar-refractivity contribution in [3.63, 3.8) is 0 Å². The van der Waals surface area contributed by atoms with Crippen LogP contribution in [-0.4, -0.2) is 42.8 Å². The summed E-state index contributed by atoms with van der Waals surface area (Å²) in [7, 11) is 0. The zero-order valence-electron chi connectivity index (χ0n) is 12.7. The Bertz CT molecular complexity index is 390. The third kappa shape index (κ3) is 6.83. The fraction of sp³-hybridized carbons (Fsp3) is 0.692. The summed E-state index contributed by atoms with van der Waals surface area (Å²) in [6.45, 7) is 8.53. The van der Waals surface area contributed by atoms with E-state index < -0.39 is 0 Å². The van der Waals surface area contributed by atoms with Crippen molar-refractivity contribution in [2.75, 3.05) is 31.6 Å². The van der Waals surface area contributed by atoms with Crippen LogP contribution in [-0.2, 0) is 6.42 Å². The van der Waals surface area contributed by atoms with E-state index in [2.05, 4.69) is 34.0 Å².